The van der Waals surface area contributed by atoms with E-state index < -0.39 is 6.10 Å². The highest BCUT2D eigenvalue weighted by Gasteiger charge is 2.23. The maximum atomic E-state index is 12.1. The fourth-order valence-corrected chi connectivity index (χ4v) is 2.46. The predicted octanol–water partition coefficient (Wildman–Crippen LogP) is 1.46. The summed E-state index contributed by atoms with van der Waals surface area (Å²) < 4.78 is 7.26. The number of hydrogen-bond acceptors (Lipinski definition) is 4. The van der Waals surface area contributed by atoms with E-state index in [1.807, 2.05) is 43.5 Å². The van der Waals surface area contributed by atoms with Crippen molar-refractivity contribution in [3.8, 4) is 5.69 Å². The lowest BCUT2D eigenvalue weighted by molar-refractivity contribution is -0.134. The summed E-state index contributed by atoms with van der Waals surface area (Å²) in [4.78, 5) is 12.1. The molecule has 7 heteroatoms. The van der Waals surface area contributed by atoms with Gasteiger partial charge in [0.2, 0.25) is 0 Å². The van der Waals surface area contributed by atoms with E-state index in [1.165, 1.54) is 0 Å². The van der Waals surface area contributed by atoms with Crippen LogP contribution in [0.3, 0.4) is 0 Å². The molecular weight excluding hydrogens is 316 g/mol. The zero-order valence-corrected chi connectivity index (χ0v) is 13.8. The number of ether oxygens (including phenoxy) is 1. The van der Waals surface area contributed by atoms with E-state index in [-0.39, 0.29) is 24.4 Å². The number of morpholine rings is 1. The first-order chi connectivity index (χ1) is 10.7. The molecule has 1 aliphatic heterocycles. The van der Waals surface area contributed by atoms with Crippen LogP contribution in [0, 0.1) is 0 Å². The van der Waals surface area contributed by atoms with Gasteiger partial charge in [-0.2, -0.15) is 5.10 Å². The number of nitrogens with zero attached hydrogens (tertiary/aromatic N) is 2. The van der Waals surface area contributed by atoms with E-state index in [0.717, 1.165) is 17.8 Å². The van der Waals surface area contributed by atoms with Crippen molar-refractivity contribution in [1.82, 2.24) is 20.4 Å². The molecule has 2 unspecified atom stereocenters. The summed E-state index contributed by atoms with van der Waals surface area (Å²) in [6.45, 7) is 3.91. The van der Waals surface area contributed by atoms with Gasteiger partial charge >= 0.3 is 0 Å². The maximum Gasteiger partial charge on any atom is 0.250 e. The van der Waals surface area contributed by atoms with Gasteiger partial charge in [0.25, 0.3) is 5.91 Å². The molecule has 124 valence electrons. The third-order valence-corrected chi connectivity index (χ3v) is 3.74. The molecule has 6 nitrogen and oxygen atoms in total. The van der Waals surface area contributed by atoms with Crippen LogP contribution in [0.25, 0.3) is 5.69 Å². The summed E-state index contributed by atoms with van der Waals surface area (Å²) in [7, 11) is 0. The summed E-state index contributed by atoms with van der Waals surface area (Å²) in [5, 5.41) is 10.3. The van der Waals surface area contributed by atoms with Crippen molar-refractivity contribution in [3.63, 3.8) is 0 Å². The molecule has 1 aliphatic rings. The predicted molar refractivity (Wildman–Crippen MR) is 90.0 cm³/mol. The summed E-state index contributed by atoms with van der Waals surface area (Å²) in [6.07, 6.45) is 3.24. The standard InChI is InChI=1S/C16H20N4O2.ClH/c1-12(19-16(21)15-11-17-8-10-22-15)13-3-5-14(6-4-13)20-9-2-7-18-20;/h2-7,9,12,15,17H,8,10-11H2,1H3,(H,19,21);1H. The van der Waals surface area contributed by atoms with Crippen LogP contribution >= 0.6 is 12.4 Å². The molecule has 0 spiro atoms. The molecule has 1 saturated heterocycles. The number of aromatic nitrogens is 2. The number of hydrogen-bond donors (Lipinski definition) is 2. The first-order valence-electron chi connectivity index (χ1n) is 7.47. The average Bonchev–Trinajstić information content (AvgIpc) is 3.10. The Morgan fingerprint density at radius 2 is 2.22 bits per heavy atom. The Hall–Kier alpha value is -1.89. The topological polar surface area (TPSA) is 68.2 Å². The number of amides is 1. The van der Waals surface area contributed by atoms with Crippen LogP contribution in [-0.4, -0.2) is 41.5 Å². The van der Waals surface area contributed by atoms with Gasteiger partial charge in [-0.3, -0.25) is 4.79 Å². The number of nitrogens with one attached hydrogen (secondary N) is 2. The second-order valence-corrected chi connectivity index (χ2v) is 5.34. The minimum absolute atomic E-state index is 0. The molecule has 0 aliphatic carbocycles. The van der Waals surface area contributed by atoms with Gasteiger partial charge in [0.15, 0.2) is 0 Å². The maximum absolute atomic E-state index is 12.1. The largest absolute Gasteiger partial charge is 0.366 e. The summed E-state index contributed by atoms with van der Waals surface area (Å²) in [5.41, 5.74) is 2.04. The molecule has 2 atom stereocenters. The highest BCUT2D eigenvalue weighted by Crippen LogP contribution is 2.15. The number of carbonyl (C=O) groups is 1. The zero-order valence-electron chi connectivity index (χ0n) is 12.9. The van der Waals surface area contributed by atoms with Crippen LogP contribution in [0.1, 0.15) is 18.5 Å². The van der Waals surface area contributed by atoms with Gasteiger partial charge in [-0.15, -0.1) is 12.4 Å². The van der Waals surface area contributed by atoms with Crippen molar-refractivity contribution in [2.75, 3.05) is 19.7 Å². The average molecular weight is 337 g/mol. The van der Waals surface area contributed by atoms with Crippen LogP contribution < -0.4 is 10.6 Å². The molecule has 2 heterocycles. The Bertz CT molecular complexity index is 610. The molecule has 0 radical (unpaired) electrons. The molecule has 1 fully saturated rings. The van der Waals surface area contributed by atoms with Crippen molar-refractivity contribution >= 4 is 18.3 Å². The van der Waals surface area contributed by atoms with E-state index in [0.29, 0.717) is 13.2 Å². The SMILES string of the molecule is CC(NC(=O)C1CNCCO1)c1ccc(-n2cccn2)cc1.Cl. The zero-order chi connectivity index (χ0) is 15.4. The van der Waals surface area contributed by atoms with Crippen molar-refractivity contribution in [2.24, 2.45) is 0 Å². The molecule has 2 N–H and O–H groups in total. The van der Waals surface area contributed by atoms with Crippen molar-refractivity contribution in [3.05, 3.63) is 48.3 Å². The Morgan fingerprint density at radius 1 is 1.43 bits per heavy atom. The fourth-order valence-electron chi connectivity index (χ4n) is 2.46. The van der Waals surface area contributed by atoms with E-state index in [1.54, 1.807) is 10.9 Å². The molecule has 1 aromatic carbocycles. The number of halogens is 1. The first-order valence-corrected chi connectivity index (χ1v) is 7.47. The second kappa shape index (κ2) is 8.10. The van der Waals surface area contributed by atoms with E-state index in [4.69, 9.17) is 4.74 Å². The summed E-state index contributed by atoms with van der Waals surface area (Å²) in [5.74, 6) is -0.0733. The van der Waals surface area contributed by atoms with Gasteiger partial charge in [0, 0.05) is 25.5 Å². The highest BCUT2D eigenvalue weighted by atomic mass is 35.5. The number of carbonyl (C=O) groups excluding carboxylic acids is 1. The third kappa shape index (κ3) is 4.31. The van der Waals surface area contributed by atoms with Gasteiger partial charge in [-0.1, -0.05) is 12.1 Å². The van der Waals surface area contributed by atoms with Gasteiger partial charge in [-0.05, 0) is 30.7 Å². The lowest BCUT2D eigenvalue weighted by Gasteiger charge is -2.24. The van der Waals surface area contributed by atoms with E-state index in [2.05, 4.69) is 15.7 Å². The van der Waals surface area contributed by atoms with Gasteiger partial charge < -0.3 is 15.4 Å². The highest BCUT2D eigenvalue weighted by molar-refractivity contribution is 5.85. The number of rotatable bonds is 4. The third-order valence-electron chi connectivity index (χ3n) is 3.74. The Labute approximate surface area is 141 Å². The van der Waals surface area contributed by atoms with Crippen LogP contribution in [0.5, 0.6) is 0 Å². The Balaban J connectivity index is 0.00000192. The Kier molecular flexibility index (Phi) is 6.15. The lowest BCUT2D eigenvalue weighted by Crippen LogP contribution is -2.48. The van der Waals surface area contributed by atoms with E-state index >= 15 is 0 Å². The molecule has 1 aromatic heterocycles. The van der Waals surface area contributed by atoms with Crippen molar-refractivity contribution in [1.29, 1.82) is 0 Å². The van der Waals surface area contributed by atoms with E-state index in [9.17, 15) is 4.79 Å². The van der Waals surface area contributed by atoms with Crippen LogP contribution in [0.15, 0.2) is 42.7 Å². The minimum Gasteiger partial charge on any atom is -0.366 e. The smallest absolute Gasteiger partial charge is 0.250 e. The lowest BCUT2D eigenvalue weighted by atomic mass is 10.1. The van der Waals surface area contributed by atoms with Crippen molar-refractivity contribution in [2.45, 2.75) is 19.1 Å². The van der Waals surface area contributed by atoms with Gasteiger partial charge in [0.05, 0.1) is 18.3 Å². The molecule has 3 rings (SSSR count). The fraction of sp³-hybridized carbons (Fsp3) is 0.375. The molecular formula is C16H21ClN4O2. The second-order valence-electron chi connectivity index (χ2n) is 5.34. The van der Waals surface area contributed by atoms with Crippen LogP contribution in [0.2, 0.25) is 0 Å². The molecule has 0 bridgehead atoms. The van der Waals surface area contributed by atoms with Gasteiger partial charge in [-0.25, -0.2) is 4.68 Å². The van der Waals surface area contributed by atoms with Crippen LogP contribution in [-0.2, 0) is 9.53 Å². The normalized spacial score (nSPS) is 18.7. The number of benzene rings is 1. The van der Waals surface area contributed by atoms with Crippen molar-refractivity contribution < 1.29 is 9.53 Å². The molecule has 23 heavy (non-hydrogen) atoms. The minimum atomic E-state index is -0.403. The van der Waals surface area contributed by atoms with Crippen LogP contribution in [0.4, 0.5) is 0 Å². The van der Waals surface area contributed by atoms with Gasteiger partial charge in [0.1, 0.15) is 6.10 Å². The molecule has 0 saturated carbocycles. The Morgan fingerprint density at radius 3 is 2.83 bits per heavy atom. The summed E-state index contributed by atoms with van der Waals surface area (Å²) >= 11 is 0. The molecule has 1 amide bonds. The first kappa shape index (κ1) is 17.5. The molecule has 2 aromatic rings. The monoisotopic (exact) mass is 336 g/mol. The summed E-state index contributed by atoms with van der Waals surface area (Å²) in [6, 6.07) is 9.80. The quantitative estimate of drug-likeness (QED) is 0.887.